The molecule has 1 aromatic carbocycles. The third-order valence-corrected chi connectivity index (χ3v) is 4.71. The summed E-state index contributed by atoms with van der Waals surface area (Å²) in [4.78, 5) is 6.31. The van der Waals surface area contributed by atoms with Crippen LogP contribution in [0.15, 0.2) is 24.3 Å². The third kappa shape index (κ3) is 4.39. The van der Waals surface area contributed by atoms with E-state index in [0.717, 1.165) is 19.5 Å². The molecule has 0 aliphatic heterocycles. The van der Waals surface area contributed by atoms with Crippen LogP contribution in [0.25, 0.3) is 0 Å². The quantitative estimate of drug-likeness (QED) is 0.752. The first-order chi connectivity index (χ1) is 10.1. The van der Waals surface area contributed by atoms with Crippen LogP contribution in [0.2, 0.25) is 0 Å². The van der Waals surface area contributed by atoms with Gasteiger partial charge in [-0.2, -0.15) is 0 Å². The summed E-state index contributed by atoms with van der Waals surface area (Å²) in [6.07, 6.45) is 2.12. The smallest absolute Gasteiger partial charge is 0.0975 e. The van der Waals surface area contributed by atoms with Crippen LogP contribution in [0.4, 0.5) is 0 Å². The zero-order chi connectivity index (χ0) is 15.2. The molecule has 0 fully saturated rings. The maximum atomic E-state index is 4.90. The van der Waals surface area contributed by atoms with E-state index < -0.39 is 0 Å². The Morgan fingerprint density at radius 3 is 2.67 bits per heavy atom. The van der Waals surface area contributed by atoms with Crippen molar-refractivity contribution in [2.45, 2.75) is 53.0 Å². The molecule has 0 bridgehead atoms. The molecule has 2 rings (SSSR count). The van der Waals surface area contributed by atoms with Crippen molar-refractivity contribution in [1.29, 1.82) is 0 Å². The van der Waals surface area contributed by atoms with Crippen molar-refractivity contribution in [1.82, 2.24) is 10.3 Å². The van der Waals surface area contributed by atoms with Crippen LogP contribution in [-0.4, -0.2) is 11.5 Å². The van der Waals surface area contributed by atoms with Crippen molar-refractivity contribution in [3.8, 4) is 0 Å². The monoisotopic (exact) mass is 302 g/mol. The molecule has 0 aliphatic carbocycles. The molecular weight excluding hydrogens is 276 g/mol. The van der Waals surface area contributed by atoms with Gasteiger partial charge in [0.15, 0.2) is 0 Å². The first kappa shape index (κ1) is 16.2. The van der Waals surface area contributed by atoms with Gasteiger partial charge in [-0.05, 0) is 36.9 Å². The lowest BCUT2D eigenvalue weighted by atomic mass is 10.1. The predicted molar refractivity (Wildman–Crippen MR) is 92.2 cm³/mol. The average molecular weight is 302 g/mol. The second-order valence-corrected chi connectivity index (χ2v) is 7.02. The Bertz CT molecular complexity index is 572. The number of nitrogens with one attached hydrogen (secondary N) is 1. The van der Waals surface area contributed by atoms with Crippen LogP contribution in [0.3, 0.4) is 0 Å². The van der Waals surface area contributed by atoms with E-state index in [1.54, 1.807) is 0 Å². The molecule has 0 saturated heterocycles. The highest BCUT2D eigenvalue weighted by Crippen LogP contribution is 2.27. The fourth-order valence-electron chi connectivity index (χ4n) is 2.42. The van der Waals surface area contributed by atoms with Gasteiger partial charge < -0.3 is 5.32 Å². The van der Waals surface area contributed by atoms with Crippen molar-refractivity contribution in [2.24, 2.45) is 0 Å². The van der Waals surface area contributed by atoms with Crippen molar-refractivity contribution in [3.05, 3.63) is 51.0 Å². The molecule has 2 aromatic rings. The molecule has 1 heterocycles. The molecule has 114 valence electrons. The van der Waals surface area contributed by atoms with Crippen LogP contribution in [0.5, 0.6) is 0 Å². The molecule has 3 heteroatoms. The molecule has 1 N–H and O–H groups in total. The van der Waals surface area contributed by atoms with Gasteiger partial charge in [0, 0.05) is 17.8 Å². The molecule has 2 nitrogen and oxygen atoms in total. The van der Waals surface area contributed by atoms with Crippen molar-refractivity contribution in [2.75, 3.05) is 6.54 Å². The van der Waals surface area contributed by atoms with Gasteiger partial charge in [-0.25, -0.2) is 4.98 Å². The van der Waals surface area contributed by atoms with Crippen LogP contribution in [0.1, 0.15) is 59.8 Å². The topological polar surface area (TPSA) is 24.9 Å². The number of hydrogen-bond donors (Lipinski definition) is 1. The molecule has 0 radical (unpaired) electrons. The zero-order valence-corrected chi connectivity index (χ0v) is 14.4. The number of nitrogens with zero attached hydrogens (tertiary/aromatic N) is 1. The molecule has 0 amide bonds. The van der Waals surface area contributed by atoms with Crippen LogP contribution in [0, 0.1) is 6.92 Å². The average Bonchev–Trinajstić information content (AvgIpc) is 2.85. The fourth-order valence-corrected chi connectivity index (χ4v) is 3.63. The van der Waals surface area contributed by atoms with E-state index in [-0.39, 0.29) is 0 Å². The van der Waals surface area contributed by atoms with Gasteiger partial charge >= 0.3 is 0 Å². The summed E-state index contributed by atoms with van der Waals surface area (Å²) in [7, 11) is 0. The lowest BCUT2D eigenvalue weighted by Gasteiger charge is -2.05. The fraction of sp³-hybridized carbons (Fsp3) is 0.500. The minimum atomic E-state index is 0.491. The number of hydrogen-bond acceptors (Lipinski definition) is 3. The predicted octanol–water partition coefficient (Wildman–Crippen LogP) is 4.67. The summed E-state index contributed by atoms with van der Waals surface area (Å²) in [6.45, 7) is 10.9. The minimum absolute atomic E-state index is 0.491. The van der Waals surface area contributed by atoms with E-state index in [2.05, 4.69) is 57.3 Å². The number of aromatic nitrogens is 1. The molecule has 21 heavy (non-hydrogen) atoms. The zero-order valence-electron chi connectivity index (χ0n) is 13.6. The van der Waals surface area contributed by atoms with Gasteiger partial charge in [0.1, 0.15) is 0 Å². The van der Waals surface area contributed by atoms with E-state index in [4.69, 9.17) is 4.98 Å². The molecule has 1 aromatic heterocycles. The highest BCUT2D eigenvalue weighted by molar-refractivity contribution is 7.11. The summed E-state index contributed by atoms with van der Waals surface area (Å²) >= 11 is 1.87. The normalized spacial score (nSPS) is 11.3. The van der Waals surface area contributed by atoms with Gasteiger partial charge in [-0.3, -0.25) is 0 Å². The van der Waals surface area contributed by atoms with Gasteiger partial charge in [0.25, 0.3) is 0 Å². The second kappa shape index (κ2) is 7.71. The SMILES string of the molecule is CCCNCc1sc(Cc2ccccc2C)nc1C(C)C. The molecule has 0 spiro atoms. The number of thiazole rings is 1. The third-order valence-electron chi connectivity index (χ3n) is 3.63. The largest absolute Gasteiger partial charge is 0.312 e. The number of rotatable bonds is 7. The number of aryl methyl sites for hydroxylation is 1. The van der Waals surface area contributed by atoms with Crippen molar-refractivity contribution in [3.63, 3.8) is 0 Å². The Hall–Kier alpha value is -1.19. The van der Waals surface area contributed by atoms with Crippen LogP contribution in [-0.2, 0) is 13.0 Å². The molecular formula is C18H26N2S. The summed E-state index contributed by atoms with van der Waals surface area (Å²) in [5.74, 6) is 0.491. The van der Waals surface area contributed by atoms with E-state index in [1.165, 1.54) is 33.1 Å². The van der Waals surface area contributed by atoms with Crippen molar-refractivity contribution < 1.29 is 0 Å². The van der Waals surface area contributed by atoms with Gasteiger partial charge in [-0.15, -0.1) is 11.3 Å². The van der Waals surface area contributed by atoms with Crippen molar-refractivity contribution >= 4 is 11.3 Å². The highest BCUT2D eigenvalue weighted by atomic mass is 32.1. The summed E-state index contributed by atoms with van der Waals surface area (Å²) in [5, 5.41) is 4.74. The Morgan fingerprint density at radius 2 is 2.00 bits per heavy atom. The van der Waals surface area contributed by atoms with E-state index >= 15 is 0 Å². The lowest BCUT2D eigenvalue weighted by Crippen LogP contribution is -2.14. The van der Waals surface area contributed by atoms with Gasteiger partial charge in [-0.1, -0.05) is 45.0 Å². The highest BCUT2D eigenvalue weighted by Gasteiger charge is 2.14. The van der Waals surface area contributed by atoms with Gasteiger partial charge in [0.05, 0.1) is 10.7 Å². The Morgan fingerprint density at radius 1 is 1.24 bits per heavy atom. The van der Waals surface area contributed by atoms with Gasteiger partial charge in [0.2, 0.25) is 0 Å². The minimum Gasteiger partial charge on any atom is -0.312 e. The standard InChI is InChI=1S/C18H26N2S/c1-5-10-19-12-16-18(13(2)3)20-17(21-16)11-15-9-7-6-8-14(15)4/h6-9,13,19H,5,10-12H2,1-4H3. The Balaban J connectivity index is 2.17. The number of benzene rings is 1. The Kier molecular flexibility index (Phi) is 5.95. The van der Waals surface area contributed by atoms with Crippen LogP contribution >= 0.6 is 11.3 Å². The summed E-state index contributed by atoms with van der Waals surface area (Å²) < 4.78 is 0. The first-order valence-corrected chi connectivity index (χ1v) is 8.67. The van der Waals surface area contributed by atoms with E-state index in [1.807, 2.05) is 11.3 Å². The summed E-state index contributed by atoms with van der Waals surface area (Å²) in [6, 6.07) is 8.60. The maximum absolute atomic E-state index is 4.90. The van der Waals surface area contributed by atoms with E-state index in [0.29, 0.717) is 5.92 Å². The van der Waals surface area contributed by atoms with E-state index in [9.17, 15) is 0 Å². The molecule has 0 atom stereocenters. The molecule has 0 aliphatic rings. The Labute approximate surface area is 132 Å². The van der Waals surface area contributed by atoms with Crippen LogP contribution < -0.4 is 5.32 Å². The lowest BCUT2D eigenvalue weighted by molar-refractivity contribution is 0.670. The molecule has 0 saturated carbocycles. The first-order valence-electron chi connectivity index (χ1n) is 7.85. The second-order valence-electron chi connectivity index (χ2n) is 5.85. The summed E-state index contributed by atoms with van der Waals surface area (Å²) in [5.41, 5.74) is 4.01. The molecule has 0 unspecified atom stereocenters. The maximum Gasteiger partial charge on any atom is 0.0975 e.